The summed E-state index contributed by atoms with van der Waals surface area (Å²) >= 11 is 0. The minimum absolute atomic E-state index is 0.0225. The molecule has 1 unspecified atom stereocenters. The fourth-order valence-electron chi connectivity index (χ4n) is 3.36. The Kier molecular flexibility index (Phi) is 5.96. The Bertz CT molecular complexity index is 929. The number of carbonyl (C=O) groups is 3. The Morgan fingerprint density at radius 3 is 2.48 bits per heavy atom. The van der Waals surface area contributed by atoms with Gasteiger partial charge in [0.15, 0.2) is 0 Å². The zero-order valence-electron chi connectivity index (χ0n) is 16.5. The van der Waals surface area contributed by atoms with E-state index in [0.29, 0.717) is 11.1 Å². The van der Waals surface area contributed by atoms with Crippen LogP contribution in [0, 0.1) is 5.82 Å². The van der Waals surface area contributed by atoms with Gasteiger partial charge in [0.05, 0.1) is 0 Å². The van der Waals surface area contributed by atoms with E-state index >= 15 is 0 Å². The first-order chi connectivity index (χ1) is 13.8. The summed E-state index contributed by atoms with van der Waals surface area (Å²) in [5.74, 6) is -1.46. The van der Waals surface area contributed by atoms with Crippen molar-refractivity contribution in [3.8, 4) is 0 Å². The number of hydrogen-bond acceptors (Lipinski definition) is 3. The fourth-order valence-corrected chi connectivity index (χ4v) is 3.36. The quantitative estimate of drug-likeness (QED) is 0.705. The zero-order valence-corrected chi connectivity index (χ0v) is 16.5. The summed E-state index contributed by atoms with van der Waals surface area (Å²) in [6.45, 7) is 3.26. The third-order valence-corrected chi connectivity index (χ3v) is 5.08. The summed E-state index contributed by atoms with van der Waals surface area (Å²) in [5, 5.41) is 5.23. The monoisotopic (exact) mass is 397 g/mol. The van der Waals surface area contributed by atoms with Crippen LogP contribution in [-0.2, 0) is 28.1 Å². The number of halogens is 1. The van der Waals surface area contributed by atoms with Gasteiger partial charge >= 0.3 is 6.03 Å². The van der Waals surface area contributed by atoms with E-state index in [1.54, 1.807) is 25.1 Å². The van der Waals surface area contributed by atoms with Crippen molar-refractivity contribution in [2.24, 2.45) is 0 Å². The first-order valence-corrected chi connectivity index (χ1v) is 9.58. The van der Waals surface area contributed by atoms with Gasteiger partial charge in [0.1, 0.15) is 17.9 Å². The molecule has 1 aliphatic heterocycles. The molecular weight excluding hydrogens is 373 g/mol. The highest BCUT2D eigenvalue weighted by Crippen LogP contribution is 2.29. The molecule has 29 heavy (non-hydrogen) atoms. The van der Waals surface area contributed by atoms with Crippen LogP contribution in [0.4, 0.5) is 9.18 Å². The van der Waals surface area contributed by atoms with Crippen LogP contribution in [0.25, 0.3) is 0 Å². The summed E-state index contributed by atoms with van der Waals surface area (Å²) < 4.78 is 13.7. The first kappa shape index (κ1) is 20.5. The highest BCUT2D eigenvalue weighted by molar-refractivity contribution is 6.09. The van der Waals surface area contributed by atoms with E-state index in [-0.39, 0.29) is 6.54 Å². The lowest BCUT2D eigenvalue weighted by atomic mass is 9.91. The Hall–Kier alpha value is -3.22. The number of nitrogens with zero attached hydrogens (tertiary/aromatic N) is 1. The smallest absolute Gasteiger partial charge is 0.325 e. The highest BCUT2D eigenvalue weighted by atomic mass is 19.1. The van der Waals surface area contributed by atoms with Crippen molar-refractivity contribution in [2.75, 3.05) is 6.54 Å². The van der Waals surface area contributed by atoms with Gasteiger partial charge in [-0.15, -0.1) is 0 Å². The molecule has 0 radical (unpaired) electrons. The van der Waals surface area contributed by atoms with Gasteiger partial charge in [-0.05, 0) is 30.5 Å². The number of imide groups is 1. The number of amides is 4. The molecule has 2 aromatic carbocycles. The van der Waals surface area contributed by atoms with Crippen LogP contribution in [0.15, 0.2) is 48.5 Å². The maximum atomic E-state index is 13.7. The minimum Gasteiger partial charge on any atom is -0.350 e. The number of hydrogen-bond donors (Lipinski definition) is 2. The van der Waals surface area contributed by atoms with Crippen molar-refractivity contribution in [2.45, 2.75) is 38.8 Å². The Morgan fingerprint density at radius 2 is 1.83 bits per heavy atom. The van der Waals surface area contributed by atoms with Crippen LogP contribution in [0.1, 0.15) is 37.0 Å². The number of nitrogens with one attached hydrogen (secondary N) is 2. The lowest BCUT2D eigenvalue weighted by Gasteiger charge is -2.22. The average molecular weight is 397 g/mol. The third-order valence-electron chi connectivity index (χ3n) is 5.08. The normalized spacial score (nSPS) is 18.7. The molecule has 1 heterocycles. The van der Waals surface area contributed by atoms with E-state index < -0.39 is 35.7 Å². The molecule has 4 amide bonds. The molecule has 152 valence electrons. The van der Waals surface area contributed by atoms with Gasteiger partial charge in [-0.25, -0.2) is 9.18 Å². The maximum absolute atomic E-state index is 13.7. The second-order valence-corrected chi connectivity index (χ2v) is 7.26. The van der Waals surface area contributed by atoms with E-state index in [2.05, 4.69) is 17.6 Å². The van der Waals surface area contributed by atoms with Gasteiger partial charge in [-0.2, -0.15) is 0 Å². The van der Waals surface area contributed by atoms with Crippen molar-refractivity contribution in [1.29, 1.82) is 0 Å². The van der Waals surface area contributed by atoms with Crippen LogP contribution in [0.2, 0.25) is 0 Å². The van der Waals surface area contributed by atoms with Crippen LogP contribution >= 0.6 is 0 Å². The van der Waals surface area contributed by atoms with Crippen LogP contribution < -0.4 is 10.6 Å². The van der Waals surface area contributed by atoms with Crippen LogP contribution in [-0.4, -0.2) is 29.3 Å². The fraction of sp³-hybridized carbons (Fsp3) is 0.318. The van der Waals surface area contributed by atoms with E-state index in [1.165, 1.54) is 6.07 Å². The van der Waals surface area contributed by atoms with Gasteiger partial charge in [0, 0.05) is 12.1 Å². The molecule has 0 aromatic heterocycles. The molecule has 1 fully saturated rings. The largest absolute Gasteiger partial charge is 0.350 e. The summed E-state index contributed by atoms with van der Waals surface area (Å²) in [6, 6.07) is 13.0. The zero-order chi connectivity index (χ0) is 21.0. The summed E-state index contributed by atoms with van der Waals surface area (Å²) in [6.07, 6.45) is 1.95. The third kappa shape index (κ3) is 4.29. The standard InChI is InChI=1S/C22H24FN3O3/c1-3-6-15-9-11-17(12-10-15)22(2)20(28)26(21(29)25-22)14-19(27)24-13-16-7-4-5-8-18(16)23/h4-5,7-12H,3,6,13-14H2,1-2H3,(H,24,27)(H,25,29). The molecule has 2 aromatic rings. The van der Waals surface area contributed by atoms with Crippen molar-refractivity contribution >= 4 is 17.8 Å². The lowest BCUT2D eigenvalue weighted by molar-refractivity contribution is -0.134. The van der Waals surface area contributed by atoms with E-state index in [1.807, 2.05) is 24.3 Å². The Balaban J connectivity index is 1.66. The minimum atomic E-state index is -1.23. The van der Waals surface area contributed by atoms with Gasteiger partial charge in [-0.1, -0.05) is 55.8 Å². The van der Waals surface area contributed by atoms with Gasteiger partial charge in [0.2, 0.25) is 5.91 Å². The van der Waals surface area contributed by atoms with Gasteiger partial charge < -0.3 is 10.6 Å². The van der Waals surface area contributed by atoms with Gasteiger partial charge in [-0.3, -0.25) is 14.5 Å². The number of benzene rings is 2. The van der Waals surface area contributed by atoms with Crippen molar-refractivity contribution in [3.63, 3.8) is 0 Å². The average Bonchev–Trinajstić information content (AvgIpc) is 2.92. The predicted octanol–water partition coefficient (Wildman–Crippen LogP) is 2.86. The second-order valence-electron chi connectivity index (χ2n) is 7.26. The summed E-state index contributed by atoms with van der Waals surface area (Å²) in [7, 11) is 0. The van der Waals surface area contributed by atoms with Crippen molar-refractivity contribution in [1.82, 2.24) is 15.5 Å². The molecule has 0 spiro atoms. The topological polar surface area (TPSA) is 78.5 Å². The number of rotatable bonds is 7. The molecule has 7 heteroatoms. The van der Waals surface area contributed by atoms with Gasteiger partial charge in [0.25, 0.3) is 5.91 Å². The van der Waals surface area contributed by atoms with Crippen molar-refractivity contribution < 1.29 is 18.8 Å². The number of urea groups is 1. The highest BCUT2D eigenvalue weighted by Gasteiger charge is 2.49. The molecule has 6 nitrogen and oxygen atoms in total. The molecule has 0 saturated carbocycles. The molecule has 2 N–H and O–H groups in total. The van der Waals surface area contributed by atoms with E-state index in [0.717, 1.165) is 23.3 Å². The summed E-state index contributed by atoms with van der Waals surface area (Å²) in [5.41, 5.74) is 0.911. The number of aryl methyl sites for hydroxylation is 1. The van der Waals surface area contributed by atoms with Crippen LogP contribution in [0.5, 0.6) is 0 Å². The molecular formula is C22H24FN3O3. The molecule has 0 bridgehead atoms. The second kappa shape index (κ2) is 8.43. The predicted molar refractivity (Wildman–Crippen MR) is 106 cm³/mol. The molecule has 3 rings (SSSR count). The van der Waals surface area contributed by atoms with Crippen LogP contribution in [0.3, 0.4) is 0 Å². The van der Waals surface area contributed by atoms with E-state index in [4.69, 9.17) is 0 Å². The molecule has 1 saturated heterocycles. The SMILES string of the molecule is CCCc1ccc(C2(C)NC(=O)N(CC(=O)NCc3ccccc3F)C2=O)cc1. The Labute approximate surface area is 169 Å². The molecule has 0 aliphatic carbocycles. The maximum Gasteiger partial charge on any atom is 0.325 e. The Morgan fingerprint density at radius 1 is 1.14 bits per heavy atom. The molecule has 1 atom stereocenters. The summed E-state index contributed by atoms with van der Waals surface area (Å²) in [4.78, 5) is 38.4. The van der Waals surface area contributed by atoms with Crippen molar-refractivity contribution in [3.05, 3.63) is 71.0 Å². The van der Waals surface area contributed by atoms with E-state index in [9.17, 15) is 18.8 Å². The molecule has 1 aliphatic rings. The first-order valence-electron chi connectivity index (χ1n) is 9.58. The number of carbonyl (C=O) groups excluding carboxylic acids is 3. The lowest BCUT2D eigenvalue weighted by Crippen LogP contribution is -2.43.